The molecule has 0 saturated heterocycles. The van der Waals surface area contributed by atoms with E-state index in [4.69, 9.17) is 16.3 Å². The number of aryl methyl sites for hydroxylation is 1. The largest absolute Gasteiger partial charge is 0.496 e. The molecule has 0 heterocycles. The summed E-state index contributed by atoms with van der Waals surface area (Å²) >= 11 is 5.86. The maximum atomic E-state index is 11.7. The highest BCUT2D eigenvalue weighted by Crippen LogP contribution is 2.31. The molecule has 21 heavy (non-hydrogen) atoms. The number of carboxylic acid groups (broad SMARTS) is 1. The number of ether oxygens (including phenoxy) is 1. The maximum absolute atomic E-state index is 11.7. The highest BCUT2D eigenvalue weighted by Gasteiger charge is 2.24. The first-order valence-electron chi connectivity index (χ1n) is 6.63. The minimum Gasteiger partial charge on any atom is -0.496 e. The smallest absolute Gasteiger partial charge is 0.311 e. The summed E-state index contributed by atoms with van der Waals surface area (Å²) in [4.78, 5) is 11.7. The summed E-state index contributed by atoms with van der Waals surface area (Å²) in [6.07, 6.45) is 0.395. The first-order valence-corrected chi connectivity index (χ1v) is 7.01. The second-order valence-corrected chi connectivity index (χ2v) is 5.40. The number of aliphatic carboxylic acids is 1. The van der Waals surface area contributed by atoms with Gasteiger partial charge in [-0.25, -0.2) is 0 Å². The van der Waals surface area contributed by atoms with Crippen LogP contribution in [0, 0.1) is 6.92 Å². The van der Waals surface area contributed by atoms with Crippen molar-refractivity contribution < 1.29 is 14.6 Å². The second-order valence-electron chi connectivity index (χ2n) is 4.97. The lowest BCUT2D eigenvalue weighted by atomic mass is 9.90. The average molecular weight is 305 g/mol. The van der Waals surface area contributed by atoms with Gasteiger partial charge in [0.05, 0.1) is 13.0 Å². The third-order valence-corrected chi connectivity index (χ3v) is 3.66. The Morgan fingerprint density at radius 2 is 1.90 bits per heavy atom. The standard InChI is InChI=1S/C17H17ClO3/c1-11-3-8-16(21-2)14(9-11)15(17(19)20)10-12-4-6-13(18)7-5-12/h3-9,15H,10H2,1-2H3,(H,19,20). The van der Waals surface area contributed by atoms with Crippen LogP contribution in [0.25, 0.3) is 0 Å². The molecule has 2 aromatic carbocycles. The minimum absolute atomic E-state index is 0.395. The van der Waals surface area contributed by atoms with Crippen molar-refractivity contribution in [3.63, 3.8) is 0 Å². The van der Waals surface area contributed by atoms with Gasteiger partial charge in [0, 0.05) is 10.6 Å². The van der Waals surface area contributed by atoms with E-state index in [1.807, 2.05) is 37.3 Å². The van der Waals surface area contributed by atoms with E-state index >= 15 is 0 Å². The van der Waals surface area contributed by atoms with Crippen LogP contribution >= 0.6 is 11.6 Å². The summed E-state index contributed by atoms with van der Waals surface area (Å²) in [5, 5.41) is 10.2. The molecule has 0 aromatic heterocycles. The minimum atomic E-state index is -0.867. The maximum Gasteiger partial charge on any atom is 0.311 e. The molecule has 0 saturated carbocycles. The number of carbonyl (C=O) groups is 1. The Labute approximate surface area is 129 Å². The highest BCUT2D eigenvalue weighted by molar-refractivity contribution is 6.30. The third kappa shape index (κ3) is 3.76. The van der Waals surface area contributed by atoms with E-state index in [0.717, 1.165) is 11.1 Å². The zero-order valence-corrected chi connectivity index (χ0v) is 12.7. The molecule has 4 heteroatoms. The zero-order valence-electron chi connectivity index (χ0n) is 12.0. The SMILES string of the molecule is COc1ccc(C)cc1C(Cc1ccc(Cl)cc1)C(=O)O. The van der Waals surface area contributed by atoms with Crippen molar-refractivity contribution in [2.24, 2.45) is 0 Å². The van der Waals surface area contributed by atoms with Gasteiger partial charge in [0.15, 0.2) is 0 Å². The molecule has 1 atom stereocenters. The van der Waals surface area contributed by atoms with Crippen LogP contribution in [0.1, 0.15) is 22.6 Å². The van der Waals surface area contributed by atoms with Crippen molar-refractivity contribution in [3.8, 4) is 5.75 Å². The van der Waals surface area contributed by atoms with Crippen molar-refractivity contribution >= 4 is 17.6 Å². The lowest BCUT2D eigenvalue weighted by molar-refractivity contribution is -0.138. The van der Waals surface area contributed by atoms with Gasteiger partial charge in [0.25, 0.3) is 0 Å². The van der Waals surface area contributed by atoms with E-state index in [-0.39, 0.29) is 0 Å². The molecule has 0 amide bonds. The van der Waals surface area contributed by atoms with E-state index in [0.29, 0.717) is 22.8 Å². The Morgan fingerprint density at radius 1 is 1.24 bits per heavy atom. The number of methoxy groups -OCH3 is 1. The molecular formula is C17H17ClO3. The molecule has 1 unspecified atom stereocenters. The van der Waals surface area contributed by atoms with E-state index in [1.54, 1.807) is 19.2 Å². The quantitative estimate of drug-likeness (QED) is 0.906. The zero-order chi connectivity index (χ0) is 15.4. The molecule has 0 fully saturated rings. The fourth-order valence-corrected chi connectivity index (χ4v) is 2.44. The molecule has 0 aliphatic carbocycles. The van der Waals surface area contributed by atoms with Gasteiger partial charge in [-0.05, 0) is 37.1 Å². The van der Waals surface area contributed by atoms with Crippen molar-refractivity contribution in [1.29, 1.82) is 0 Å². The van der Waals surface area contributed by atoms with Gasteiger partial charge < -0.3 is 9.84 Å². The Hall–Kier alpha value is -2.00. The van der Waals surface area contributed by atoms with Crippen LogP contribution < -0.4 is 4.74 Å². The summed E-state index contributed by atoms with van der Waals surface area (Å²) in [5.74, 6) is -0.920. The molecule has 110 valence electrons. The Kier molecular flexibility index (Phi) is 4.86. The molecule has 0 spiro atoms. The first kappa shape index (κ1) is 15.4. The van der Waals surface area contributed by atoms with E-state index in [2.05, 4.69) is 0 Å². The fraction of sp³-hybridized carbons (Fsp3) is 0.235. The highest BCUT2D eigenvalue weighted by atomic mass is 35.5. The predicted octanol–water partition coefficient (Wildman–Crippen LogP) is 4.07. The number of carboxylic acids is 1. The normalized spacial score (nSPS) is 12.0. The summed E-state index contributed by atoms with van der Waals surface area (Å²) in [7, 11) is 1.55. The van der Waals surface area contributed by atoms with Gasteiger partial charge in [0.1, 0.15) is 5.75 Å². The second kappa shape index (κ2) is 6.64. The molecule has 0 radical (unpaired) electrons. The van der Waals surface area contributed by atoms with Gasteiger partial charge in [-0.3, -0.25) is 4.79 Å². The van der Waals surface area contributed by atoms with Crippen LogP contribution in [0.15, 0.2) is 42.5 Å². The molecule has 1 N–H and O–H groups in total. The topological polar surface area (TPSA) is 46.5 Å². The van der Waals surface area contributed by atoms with Gasteiger partial charge in [-0.1, -0.05) is 41.4 Å². The van der Waals surface area contributed by atoms with Gasteiger partial charge in [-0.2, -0.15) is 0 Å². The third-order valence-electron chi connectivity index (χ3n) is 3.41. The average Bonchev–Trinajstić information content (AvgIpc) is 2.46. The molecule has 0 aliphatic heterocycles. The Bertz CT molecular complexity index is 635. The molecule has 3 nitrogen and oxygen atoms in total. The van der Waals surface area contributed by atoms with Crippen molar-refractivity contribution in [3.05, 3.63) is 64.2 Å². The van der Waals surface area contributed by atoms with Crippen molar-refractivity contribution in [1.82, 2.24) is 0 Å². The van der Waals surface area contributed by atoms with Gasteiger partial charge in [-0.15, -0.1) is 0 Å². The molecular weight excluding hydrogens is 288 g/mol. The van der Waals surface area contributed by atoms with Crippen LogP contribution in [-0.2, 0) is 11.2 Å². The summed E-state index contributed by atoms with van der Waals surface area (Å²) in [5.41, 5.74) is 2.63. The van der Waals surface area contributed by atoms with Gasteiger partial charge >= 0.3 is 5.97 Å². The number of hydrogen-bond acceptors (Lipinski definition) is 2. The number of benzene rings is 2. The monoisotopic (exact) mass is 304 g/mol. The van der Waals surface area contributed by atoms with E-state index in [9.17, 15) is 9.90 Å². The molecule has 2 rings (SSSR count). The van der Waals surface area contributed by atoms with E-state index < -0.39 is 11.9 Å². The first-order chi connectivity index (χ1) is 10.0. The van der Waals surface area contributed by atoms with Crippen LogP contribution in [0.3, 0.4) is 0 Å². The molecule has 2 aromatic rings. The van der Waals surface area contributed by atoms with Crippen LogP contribution in [0.4, 0.5) is 0 Å². The van der Waals surface area contributed by atoms with Crippen molar-refractivity contribution in [2.75, 3.05) is 7.11 Å². The number of halogens is 1. The summed E-state index contributed by atoms with van der Waals surface area (Å²) in [6, 6.07) is 12.8. The van der Waals surface area contributed by atoms with Crippen LogP contribution in [0.5, 0.6) is 5.75 Å². The summed E-state index contributed by atoms with van der Waals surface area (Å²) in [6.45, 7) is 1.93. The fourth-order valence-electron chi connectivity index (χ4n) is 2.31. The molecule has 0 aliphatic rings. The Balaban J connectivity index is 2.37. The van der Waals surface area contributed by atoms with Crippen molar-refractivity contribution in [2.45, 2.75) is 19.3 Å². The molecule has 0 bridgehead atoms. The van der Waals surface area contributed by atoms with E-state index in [1.165, 1.54) is 0 Å². The lowest BCUT2D eigenvalue weighted by Crippen LogP contribution is -2.15. The Morgan fingerprint density at radius 3 is 2.48 bits per heavy atom. The lowest BCUT2D eigenvalue weighted by Gasteiger charge is -2.17. The number of rotatable bonds is 5. The van der Waals surface area contributed by atoms with Crippen LogP contribution in [-0.4, -0.2) is 18.2 Å². The van der Waals surface area contributed by atoms with Gasteiger partial charge in [0.2, 0.25) is 0 Å². The summed E-state index contributed by atoms with van der Waals surface area (Å²) < 4.78 is 5.30. The number of hydrogen-bond donors (Lipinski definition) is 1. The predicted molar refractivity (Wildman–Crippen MR) is 83.3 cm³/mol. The van der Waals surface area contributed by atoms with Crippen LogP contribution in [0.2, 0.25) is 5.02 Å².